The van der Waals surface area contributed by atoms with Gasteiger partial charge in [0.1, 0.15) is 4.21 Å². The molecule has 0 radical (unpaired) electrons. The highest BCUT2D eigenvalue weighted by molar-refractivity contribution is 9.10. The van der Waals surface area contributed by atoms with Crippen molar-refractivity contribution < 1.29 is 13.2 Å². The van der Waals surface area contributed by atoms with E-state index in [0.717, 1.165) is 12.8 Å². The van der Waals surface area contributed by atoms with Gasteiger partial charge in [0.05, 0.1) is 0 Å². The Morgan fingerprint density at radius 1 is 1.29 bits per heavy atom. The summed E-state index contributed by atoms with van der Waals surface area (Å²) in [7, 11) is -3.41. The molecule has 1 N–H and O–H groups in total. The highest BCUT2D eigenvalue weighted by Gasteiger charge is 2.34. The first kappa shape index (κ1) is 15.5. The van der Waals surface area contributed by atoms with Crippen LogP contribution in [0.1, 0.15) is 25.7 Å². The second-order valence-electron chi connectivity index (χ2n) is 5.52. The Kier molecular flexibility index (Phi) is 4.40. The summed E-state index contributed by atoms with van der Waals surface area (Å²) in [6.07, 6.45) is 3.35. The molecule has 1 aromatic heterocycles. The molecule has 1 saturated carbocycles. The number of sulfonamides is 1. The van der Waals surface area contributed by atoms with Crippen molar-refractivity contribution in [1.82, 2.24) is 9.62 Å². The summed E-state index contributed by atoms with van der Waals surface area (Å²) in [5.74, 6) is 0.339. The maximum atomic E-state index is 12.5. The first-order chi connectivity index (χ1) is 9.98. The van der Waals surface area contributed by atoms with E-state index in [1.807, 2.05) is 0 Å². The normalized spacial score (nSPS) is 21.4. The standard InChI is InChI=1S/C13H17BrN2O3S2/c14-11-5-8-20-13(11)21(18,19)16-6-3-10(4-7-16)15-12(17)9-1-2-9/h5,8-10H,1-4,6-7H2,(H,15,17). The van der Waals surface area contributed by atoms with Crippen LogP contribution in [0.3, 0.4) is 0 Å². The van der Waals surface area contributed by atoms with E-state index in [0.29, 0.717) is 34.6 Å². The summed E-state index contributed by atoms with van der Waals surface area (Å²) in [4.78, 5) is 11.7. The van der Waals surface area contributed by atoms with Gasteiger partial charge in [-0.25, -0.2) is 8.42 Å². The molecule has 8 heteroatoms. The van der Waals surface area contributed by atoms with Gasteiger partial charge in [0, 0.05) is 29.5 Å². The van der Waals surface area contributed by atoms with E-state index in [1.165, 1.54) is 15.6 Å². The Hall–Kier alpha value is -0.440. The van der Waals surface area contributed by atoms with Gasteiger partial charge in [-0.1, -0.05) is 0 Å². The topological polar surface area (TPSA) is 66.5 Å². The largest absolute Gasteiger partial charge is 0.353 e. The van der Waals surface area contributed by atoms with E-state index in [9.17, 15) is 13.2 Å². The van der Waals surface area contributed by atoms with E-state index in [4.69, 9.17) is 0 Å². The van der Waals surface area contributed by atoms with Crippen LogP contribution in [0.2, 0.25) is 0 Å². The number of nitrogens with one attached hydrogen (secondary N) is 1. The molecule has 0 bridgehead atoms. The molecule has 0 aromatic carbocycles. The molecule has 1 aliphatic heterocycles. The molecule has 0 atom stereocenters. The van der Waals surface area contributed by atoms with E-state index < -0.39 is 10.0 Å². The second-order valence-corrected chi connectivity index (χ2v) is 9.42. The lowest BCUT2D eigenvalue weighted by Gasteiger charge is -2.31. The molecule has 116 valence electrons. The van der Waals surface area contributed by atoms with Gasteiger partial charge in [-0.2, -0.15) is 4.31 Å². The highest BCUT2D eigenvalue weighted by Crippen LogP contribution is 2.32. The molecule has 0 unspecified atom stereocenters. The Morgan fingerprint density at radius 3 is 2.48 bits per heavy atom. The van der Waals surface area contributed by atoms with Crippen molar-refractivity contribution in [1.29, 1.82) is 0 Å². The van der Waals surface area contributed by atoms with Crippen molar-refractivity contribution in [3.63, 3.8) is 0 Å². The first-order valence-corrected chi connectivity index (χ1v) is 10.1. The van der Waals surface area contributed by atoms with Gasteiger partial charge < -0.3 is 5.32 Å². The van der Waals surface area contributed by atoms with Crippen molar-refractivity contribution in [2.45, 2.75) is 35.9 Å². The van der Waals surface area contributed by atoms with E-state index in [2.05, 4.69) is 21.2 Å². The van der Waals surface area contributed by atoms with E-state index in [-0.39, 0.29) is 17.9 Å². The van der Waals surface area contributed by atoms with Gasteiger partial charge in [0.25, 0.3) is 10.0 Å². The zero-order valence-electron chi connectivity index (χ0n) is 11.4. The molecule has 2 heterocycles. The number of carbonyl (C=O) groups is 1. The molecule has 5 nitrogen and oxygen atoms in total. The third-order valence-corrected chi connectivity index (χ3v) is 8.45. The van der Waals surface area contributed by atoms with Crippen LogP contribution >= 0.6 is 27.3 Å². The molecule has 1 aliphatic carbocycles. The SMILES string of the molecule is O=C(NC1CCN(S(=O)(=O)c2sccc2Br)CC1)C1CC1. The Balaban J connectivity index is 1.60. The van der Waals surface area contributed by atoms with Crippen molar-refractivity contribution in [2.24, 2.45) is 5.92 Å². The zero-order chi connectivity index (χ0) is 15.0. The number of carbonyl (C=O) groups excluding carboxylic acids is 1. The lowest BCUT2D eigenvalue weighted by molar-refractivity contribution is -0.123. The zero-order valence-corrected chi connectivity index (χ0v) is 14.6. The number of nitrogens with zero attached hydrogens (tertiary/aromatic N) is 1. The summed E-state index contributed by atoms with van der Waals surface area (Å²) >= 11 is 4.51. The number of amides is 1. The molecule has 3 rings (SSSR count). The molecule has 2 aliphatic rings. The third-order valence-electron chi connectivity index (χ3n) is 3.91. The van der Waals surface area contributed by atoms with Crippen LogP contribution < -0.4 is 5.32 Å². The number of thiophene rings is 1. The number of rotatable bonds is 4. The first-order valence-electron chi connectivity index (χ1n) is 7.02. The molecule has 0 spiro atoms. The number of piperidine rings is 1. The Labute approximate surface area is 136 Å². The van der Waals surface area contributed by atoms with Crippen molar-refractivity contribution in [3.8, 4) is 0 Å². The lowest BCUT2D eigenvalue weighted by Crippen LogP contribution is -2.46. The molecule has 1 aromatic rings. The van der Waals surface area contributed by atoms with E-state index in [1.54, 1.807) is 11.4 Å². The minimum Gasteiger partial charge on any atom is -0.353 e. The fourth-order valence-electron chi connectivity index (χ4n) is 2.49. The maximum Gasteiger partial charge on any atom is 0.253 e. The van der Waals surface area contributed by atoms with Gasteiger partial charge in [-0.15, -0.1) is 11.3 Å². The molecular formula is C13H17BrN2O3S2. The predicted octanol–water partition coefficient (Wildman–Crippen LogP) is 2.19. The van der Waals surface area contributed by atoms with Crippen molar-refractivity contribution >= 4 is 43.2 Å². The van der Waals surface area contributed by atoms with Crippen LogP contribution in [0.4, 0.5) is 0 Å². The van der Waals surface area contributed by atoms with Crippen LogP contribution in [-0.2, 0) is 14.8 Å². The van der Waals surface area contributed by atoms with Crippen molar-refractivity contribution in [2.75, 3.05) is 13.1 Å². The lowest BCUT2D eigenvalue weighted by atomic mass is 10.1. The Bertz CT molecular complexity index is 632. The van der Waals surface area contributed by atoms with Gasteiger partial charge in [0.15, 0.2) is 0 Å². The predicted molar refractivity (Wildman–Crippen MR) is 84.7 cm³/mol. The molecule has 21 heavy (non-hydrogen) atoms. The van der Waals surface area contributed by atoms with Gasteiger partial charge >= 0.3 is 0 Å². The van der Waals surface area contributed by atoms with Crippen LogP contribution in [0.25, 0.3) is 0 Å². The number of hydrogen-bond acceptors (Lipinski definition) is 4. The van der Waals surface area contributed by atoms with Gasteiger partial charge in [-0.3, -0.25) is 4.79 Å². The maximum absolute atomic E-state index is 12.5. The van der Waals surface area contributed by atoms with Gasteiger partial charge in [0.2, 0.25) is 5.91 Å². The summed E-state index contributed by atoms with van der Waals surface area (Å²) in [5, 5.41) is 4.80. The minimum atomic E-state index is -3.41. The third kappa shape index (κ3) is 3.33. The number of hydrogen-bond donors (Lipinski definition) is 1. The minimum absolute atomic E-state index is 0.108. The van der Waals surface area contributed by atoms with E-state index >= 15 is 0 Å². The van der Waals surface area contributed by atoms with Crippen LogP contribution in [0, 0.1) is 5.92 Å². The molecule has 1 saturated heterocycles. The summed E-state index contributed by atoms with van der Waals surface area (Å²) in [6, 6.07) is 1.86. The molecular weight excluding hydrogens is 376 g/mol. The van der Waals surface area contributed by atoms with Crippen LogP contribution in [0.15, 0.2) is 20.1 Å². The molecule has 2 fully saturated rings. The smallest absolute Gasteiger partial charge is 0.253 e. The summed E-state index contributed by atoms with van der Waals surface area (Å²) in [6.45, 7) is 0.921. The average Bonchev–Trinajstić information content (AvgIpc) is 3.21. The second kappa shape index (κ2) is 5.98. The average molecular weight is 393 g/mol. The summed E-state index contributed by atoms with van der Waals surface area (Å²) in [5.41, 5.74) is 0. The van der Waals surface area contributed by atoms with Crippen LogP contribution in [-0.4, -0.2) is 37.8 Å². The van der Waals surface area contributed by atoms with Crippen LogP contribution in [0.5, 0.6) is 0 Å². The highest BCUT2D eigenvalue weighted by atomic mass is 79.9. The van der Waals surface area contributed by atoms with Gasteiger partial charge in [-0.05, 0) is 53.1 Å². The quantitative estimate of drug-likeness (QED) is 0.853. The molecule has 1 amide bonds. The van der Waals surface area contributed by atoms with Crippen molar-refractivity contribution in [3.05, 3.63) is 15.9 Å². The fraction of sp³-hybridized carbons (Fsp3) is 0.615. The number of halogens is 1. The fourth-order valence-corrected chi connectivity index (χ4v) is 6.41. The Morgan fingerprint density at radius 2 is 1.95 bits per heavy atom. The monoisotopic (exact) mass is 392 g/mol. The summed E-state index contributed by atoms with van der Waals surface area (Å²) < 4.78 is 27.6.